The van der Waals surface area contributed by atoms with Crippen LogP contribution in [0.4, 0.5) is 11.4 Å². The van der Waals surface area contributed by atoms with E-state index in [0.717, 1.165) is 31.6 Å². The minimum absolute atomic E-state index is 0.0737. The zero-order valence-corrected chi connectivity index (χ0v) is 19.6. The van der Waals surface area contributed by atoms with Crippen LogP contribution < -0.4 is 14.4 Å². The molecule has 0 aliphatic carbocycles. The first-order valence-corrected chi connectivity index (χ1v) is 11.5. The standard InChI is InChI=1S/C25H31N3O6/c1-3-15-33-23-17-19(18-24(25(23)30)34-16-4-2)22(29)9-10-26-11-13-27(14-12-26)20-5-7-21(8-6-20)28(31)32/h5-10,17-18,30H,3-4,11-16H2,1-2H3. The number of nitrogens with zero attached hydrogens (tertiary/aromatic N) is 3. The number of ketones is 1. The third-order valence-corrected chi connectivity index (χ3v) is 5.42. The van der Waals surface area contributed by atoms with Gasteiger partial charge in [0, 0.05) is 61.8 Å². The highest BCUT2D eigenvalue weighted by molar-refractivity contribution is 6.05. The highest BCUT2D eigenvalue weighted by atomic mass is 16.6. The van der Waals surface area contributed by atoms with Crippen molar-refractivity contribution in [3.63, 3.8) is 0 Å². The number of aromatic hydroxyl groups is 1. The fraction of sp³-hybridized carbons (Fsp3) is 0.400. The molecule has 1 heterocycles. The fourth-order valence-corrected chi connectivity index (χ4v) is 3.55. The van der Waals surface area contributed by atoms with Crippen molar-refractivity contribution >= 4 is 17.2 Å². The zero-order valence-electron chi connectivity index (χ0n) is 19.6. The van der Waals surface area contributed by atoms with Gasteiger partial charge in [0.15, 0.2) is 17.3 Å². The molecule has 182 valence electrons. The molecule has 0 unspecified atom stereocenters. The van der Waals surface area contributed by atoms with Gasteiger partial charge in [0.25, 0.3) is 5.69 Å². The minimum atomic E-state index is -0.407. The van der Waals surface area contributed by atoms with Crippen LogP contribution in [0.15, 0.2) is 48.7 Å². The third kappa shape index (κ3) is 6.40. The van der Waals surface area contributed by atoms with E-state index in [1.165, 1.54) is 18.2 Å². The first kappa shape index (κ1) is 24.9. The van der Waals surface area contributed by atoms with E-state index < -0.39 is 4.92 Å². The normalized spacial score (nSPS) is 13.8. The van der Waals surface area contributed by atoms with E-state index in [2.05, 4.69) is 9.80 Å². The Balaban J connectivity index is 1.63. The predicted octanol–water partition coefficient (Wildman–Crippen LogP) is 4.40. The topological polar surface area (TPSA) is 105 Å². The maximum absolute atomic E-state index is 12.9. The Morgan fingerprint density at radius 2 is 1.59 bits per heavy atom. The van der Waals surface area contributed by atoms with E-state index in [9.17, 15) is 20.0 Å². The molecule has 0 bridgehead atoms. The molecule has 1 saturated heterocycles. The summed E-state index contributed by atoms with van der Waals surface area (Å²) in [6.45, 7) is 7.67. The number of carbonyl (C=O) groups is 1. The summed E-state index contributed by atoms with van der Waals surface area (Å²) < 4.78 is 11.2. The van der Waals surface area contributed by atoms with Gasteiger partial charge in [-0.1, -0.05) is 13.8 Å². The lowest BCUT2D eigenvalue weighted by molar-refractivity contribution is -0.384. The number of hydrogen-bond acceptors (Lipinski definition) is 8. The molecular formula is C25H31N3O6. The number of benzene rings is 2. The summed E-state index contributed by atoms with van der Waals surface area (Å²) in [6, 6.07) is 9.62. The first-order valence-electron chi connectivity index (χ1n) is 11.5. The van der Waals surface area contributed by atoms with Crippen LogP contribution in [0.3, 0.4) is 0 Å². The van der Waals surface area contributed by atoms with E-state index >= 15 is 0 Å². The fourth-order valence-electron chi connectivity index (χ4n) is 3.55. The SMILES string of the molecule is CCCOc1cc(C(=O)C=CN2CCN(c3ccc([N+](=O)[O-])cc3)CC2)cc(OCCC)c1O. The Hall–Kier alpha value is -3.75. The molecule has 3 rings (SSSR count). The number of nitro benzene ring substituents is 1. The Labute approximate surface area is 199 Å². The summed E-state index contributed by atoms with van der Waals surface area (Å²) in [5.41, 5.74) is 1.40. The molecule has 9 heteroatoms. The van der Waals surface area contributed by atoms with E-state index in [0.29, 0.717) is 31.9 Å². The zero-order chi connectivity index (χ0) is 24.5. The minimum Gasteiger partial charge on any atom is -0.502 e. The summed E-state index contributed by atoms with van der Waals surface area (Å²) in [4.78, 5) is 27.5. The second kappa shape index (κ2) is 11.9. The Kier molecular flexibility index (Phi) is 8.73. The molecule has 0 radical (unpaired) electrons. The molecule has 0 atom stereocenters. The van der Waals surface area contributed by atoms with Gasteiger partial charge in [-0.2, -0.15) is 0 Å². The molecule has 1 aliphatic rings. The van der Waals surface area contributed by atoms with Crippen LogP contribution in [0.5, 0.6) is 17.2 Å². The number of hydrogen-bond donors (Lipinski definition) is 1. The van der Waals surface area contributed by atoms with E-state index in [1.54, 1.807) is 30.5 Å². The van der Waals surface area contributed by atoms with Crippen LogP contribution >= 0.6 is 0 Å². The van der Waals surface area contributed by atoms with Gasteiger partial charge in [-0.25, -0.2) is 0 Å². The van der Waals surface area contributed by atoms with Crippen LogP contribution in [0.1, 0.15) is 37.0 Å². The molecule has 0 saturated carbocycles. The number of allylic oxidation sites excluding steroid dienone is 1. The Morgan fingerprint density at radius 3 is 2.09 bits per heavy atom. The van der Waals surface area contributed by atoms with Crippen molar-refractivity contribution in [1.29, 1.82) is 0 Å². The van der Waals surface area contributed by atoms with Gasteiger partial charge >= 0.3 is 0 Å². The number of phenolic OH excluding ortho intramolecular Hbond substituents is 1. The van der Waals surface area contributed by atoms with Crippen molar-refractivity contribution in [3.05, 3.63) is 64.4 Å². The Morgan fingerprint density at radius 1 is 1.03 bits per heavy atom. The number of nitro groups is 1. The molecule has 0 spiro atoms. The van der Waals surface area contributed by atoms with Crippen molar-refractivity contribution < 1.29 is 24.3 Å². The largest absolute Gasteiger partial charge is 0.502 e. The maximum atomic E-state index is 12.9. The van der Waals surface area contributed by atoms with Crippen molar-refractivity contribution in [2.24, 2.45) is 0 Å². The molecule has 34 heavy (non-hydrogen) atoms. The first-order chi connectivity index (χ1) is 16.4. The average Bonchev–Trinajstić information content (AvgIpc) is 2.86. The predicted molar refractivity (Wildman–Crippen MR) is 130 cm³/mol. The van der Waals surface area contributed by atoms with E-state index in [1.807, 2.05) is 13.8 Å². The maximum Gasteiger partial charge on any atom is 0.269 e. The highest BCUT2D eigenvalue weighted by Crippen LogP contribution is 2.38. The van der Waals surface area contributed by atoms with Gasteiger partial charge in [0.05, 0.1) is 18.1 Å². The number of rotatable bonds is 11. The number of carbonyl (C=O) groups excluding carboxylic acids is 1. The number of ether oxygens (including phenoxy) is 2. The molecule has 9 nitrogen and oxygen atoms in total. The second-order valence-corrected chi connectivity index (χ2v) is 7.99. The quantitative estimate of drug-likeness (QED) is 0.223. The summed E-state index contributed by atoms with van der Waals surface area (Å²) >= 11 is 0. The number of non-ortho nitro benzene ring substituents is 1. The van der Waals surface area contributed by atoms with Crippen LogP contribution in [0, 0.1) is 10.1 Å². The molecule has 1 N–H and O–H groups in total. The van der Waals surface area contributed by atoms with Crippen LogP contribution in [0.25, 0.3) is 0 Å². The van der Waals surface area contributed by atoms with Gasteiger partial charge in [0.1, 0.15) is 0 Å². The van der Waals surface area contributed by atoms with E-state index in [-0.39, 0.29) is 28.7 Å². The third-order valence-electron chi connectivity index (χ3n) is 5.42. The molecule has 0 aromatic heterocycles. The average molecular weight is 470 g/mol. The van der Waals surface area contributed by atoms with Crippen molar-refractivity contribution in [2.45, 2.75) is 26.7 Å². The highest BCUT2D eigenvalue weighted by Gasteiger charge is 2.18. The van der Waals surface area contributed by atoms with E-state index in [4.69, 9.17) is 9.47 Å². The van der Waals surface area contributed by atoms with Gasteiger partial charge in [0.2, 0.25) is 5.75 Å². The van der Waals surface area contributed by atoms with Gasteiger partial charge in [-0.3, -0.25) is 14.9 Å². The molecule has 1 aliphatic heterocycles. The molecule has 2 aromatic carbocycles. The monoisotopic (exact) mass is 469 g/mol. The number of phenols is 1. The molecule has 0 amide bonds. The molecular weight excluding hydrogens is 438 g/mol. The van der Waals surface area contributed by atoms with Crippen LogP contribution in [-0.4, -0.2) is 60.1 Å². The van der Waals surface area contributed by atoms with Gasteiger partial charge in [-0.15, -0.1) is 0 Å². The van der Waals surface area contributed by atoms with Crippen molar-refractivity contribution in [2.75, 3.05) is 44.3 Å². The second-order valence-electron chi connectivity index (χ2n) is 7.99. The lowest BCUT2D eigenvalue weighted by Gasteiger charge is -2.35. The Bertz CT molecular complexity index is 985. The summed E-state index contributed by atoms with van der Waals surface area (Å²) in [6.07, 6.45) is 4.84. The lowest BCUT2D eigenvalue weighted by atomic mass is 10.1. The summed E-state index contributed by atoms with van der Waals surface area (Å²) in [7, 11) is 0. The van der Waals surface area contributed by atoms with Gasteiger partial charge in [-0.05, 0) is 37.1 Å². The smallest absolute Gasteiger partial charge is 0.269 e. The van der Waals surface area contributed by atoms with Crippen LogP contribution in [0.2, 0.25) is 0 Å². The number of anilines is 1. The molecule has 2 aromatic rings. The van der Waals surface area contributed by atoms with Crippen molar-refractivity contribution in [1.82, 2.24) is 4.90 Å². The van der Waals surface area contributed by atoms with Gasteiger partial charge < -0.3 is 24.4 Å². The summed E-state index contributed by atoms with van der Waals surface area (Å²) in [5, 5.41) is 21.2. The molecule has 1 fully saturated rings. The lowest BCUT2D eigenvalue weighted by Crippen LogP contribution is -2.44. The summed E-state index contributed by atoms with van der Waals surface area (Å²) in [5.74, 6) is 0.179. The number of piperazine rings is 1. The van der Waals surface area contributed by atoms with Crippen LogP contribution in [-0.2, 0) is 0 Å². The van der Waals surface area contributed by atoms with Crippen molar-refractivity contribution in [3.8, 4) is 17.2 Å².